The van der Waals surface area contributed by atoms with Crippen LogP contribution >= 0.6 is 11.6 Å². The summed E-state index contributed by atoms with van der Waals surface area (Å²) in [6.07, 6.45) is 0.827. The number of carbonyl (C=O) groups excluding carboxylic acids is 2. The van der Waals surface area contributed by atoms with Crippen LogP contribution in [0.25, 0.3) is 0 Å². The second kappa shape index (κ2) is 12.8. The third kappa shape index (κ3) is 13.6. The molecule has 1 amide bonds. The van der Waals surface area contributed by atoms with E-state index in [1.807, 2.05) is 24.3 Å². The number of rotatable bonds is 6. The van der Waals surface area contributed by atoms with E-state index in [0.29, 0.717) is 11.4 Å². The lowest BCUT2D eigenvalue weighted by Crippen LogP contribution is -2.30. The number of benzene rings is 1. The summed E-state index contributed by atoms with van der Waals surface area (Å²) in [5, 5.41) is 2.97. The fourth-order valence-electron chi connectivity index (χ4n) is 1.40. The zero-order valence-corrected chi connectivity index (χ0v) is 15.0. The van der Waals surface area contributed by atoms with Gasteiger partial charge in [-0.25, -0.2) is 4.79 Å². The lowest BCUT2D eigenvalue weighted by molar-refractivity contribution is -0.139. The molecule has 130 valence electrons. The van der Waals surface area contributed by atoms with Gasteiger partial charge in [0.1, 0.15) is 6.54 Å². The van der Waals surface area contributed by atoms with Gasteiger partial charge >= 0.3 is 12.1 Å². The number of nitrogens with one attached hydrogen (secondary N) is 1. The summed E-state index contributed by atoms with van der Waals surface area (Å²) in [6, 6.07) is 7.52. The molecule has 6 heteroatoms. The molecule has 1 aromatic carbocycles. The van der Waals surface area contributed by atoms with Crippen molar-refractivity contribution in [2.24, 2.45) is 5.92 Å². The molecule has 0 bridgehead atoms. The van der Waals surface area contributed by atoms with Gasteiger partial charge in [0, 0.05) is 5.02 Å². The zero-order valence-electron chi connectivity index (χ0n) is 14.2. The van der Waals surface area contributed by atoms with Crippen LogP contribution in [0, 0.1) is 5.92 Å². The number of carbonyl (C=O) groups is 2. The number of hydrogen-bond acceptors (Lipinski definition) is 4. The number of aryl methyl sites for hydroxylation is 1. The molecule has 1 rings (SSSR count). The molecule has 0 aromatic heterocycles. The summed E-state index contributed by atoms with van der Waals surface area (Å²) >= 11 is 5.85. The lowest BCUT2D eigenvalue weighted by atomic mass is 10.1. The molecule has 0 atom stereocenters. The summed E-state index contributed by atoms with van der Waals surface area (Å²) < 4.78 is 9.27. The van der Waals surface area contributed by atoms with E-state index in [4.69, 9.17) is 16.3 Å². The van der Waals surface area contributed by atoms with E-state index in [9.17, 15) is 9.59 Å². The van der Waals surface area contributed by atoms with Crippen LogP contribution < -0.4 is 5.32 Å². The Morgan fingerprint density at radius 3 is 2.48 bits per heavy atom. The molecule has 0 saturated heterocycles. The second-order valence-electron chi connectivity index (χ2n) is 5.53. The molecule has 0 radical (unpaired) electrons. The van der Waals surface area contributed by atoms with E-state index in [2.05, 4.69) is 30.8 Å². The zero-order chi connectivity index (χ0) is 17.7. The minimum atomic E-state index is -0.628. The van der Waals surface area contributed by atoms with Crippen molar-refractivity contribution in [2.75, 3.05) is 20.3 Å². The fraction of sp³-hybridized carbons (Fsp3) is 0.529. The third-order valence-electron chi connectivity index (χ3n) is 2.34. The Morgan fingerprint density at radius 2 is 1.91 bits per heavy atom. The highest BCUT2D eigenvalue weighted by molar-refractivity contribution is 6.30. The van der Waals surface area contributed by atoms with Crippen LogP contribution in [0.5, 0.6) is 0 Å². The van der Waals surface area contributed by atoms with Crippen LogP contribution in [0.3, 0.4) is 0 Å². The molecular formula is C17H26ClNO4. The highest BCUT2D eigenvalue weighted by Crippen LogP contribution is 2.12. The van der Waals surface area contributed by atoms with Gasteiger partial charge in [0.25, 0.3) is 0 Å². The molecular weight excluding hydrogens is 318 g/mol. The first kappa shape index (κ1) is 21.2. The molecule has 0 heterocycles. The number of alkyl carbamates (subject to hydrolysis) is 1. The Kier molecular flexibility index (Phi) is 11.8. The van der Waals surface area contributed by atoms with E-state index in [1.165, 1.54) is 7.11 Å². The largest absolute Gasteiger partial charge is 0.468 e. The standard InChI is InChI=1S/C13H16ClNO4.C4H10/c1-18-12(16)9-15-13(17)19-7-3-5-10-4-2-6-11(14)8-10;1-4(2)3/h2,4,6,8H,3,5,7,9H2,1H3,(H,15,17);4H,1-3H3. The summed E-state index contributed by atoms with van der Waals surface area (Å²) in [4.78, 5) is 21.9. The molecule has 0 fully saturated rings. The monoisotopic (exact) mass is 343 g/mol. The van der Waals surface area contributed by atoms with Crippen LogP contribution in [-0.4, -0.2) is 32.3 Å². The van der Waals surface area contributed by atoms with Gasteiger partial charge in [-0.2, -0.15) is 0 Å². The predicted octanol–water partition coefficient (Wildman–Crippen LogP) is 3.83. The second-order valence-corrected chi connectivity index (χ2v) is 5.97. The van der Waals surface area contributed by atoms with E-state index in [1.54, 1.807) is 0 Å². The molecule has 5 nitrogen and oxygen atoms in total. The highest BCUT2D eigenvalue weighted by Gasteiger charge is 2.05. The van der Waals surface area contributed by atoms with Crippen LogP contribution in [-0.2, 0) is 20.7 Å². The van der Waals surface area contributed by atoms with Crippen LogP contribution in [0.1, 0.15) is 32.8 Å². The summed E-state index contributed by atoms with van der Waals surface area (Å²) in [7, 11) is 1.25. The SMILES string of the molecule is CC(C)C.COC(=O)CNC(=O)OCCCc1cccc(Cl)c1. The van der Waals surface area contributed by atoms with Crippen molar-refractivity contribution in [3.63, 3.8) is 0 Å². The van der Waals surface area contributed by atoms with Gasteiger partial charge in [-0.3, -0.25) is 4.79 Å². The van der Waals surface area contributed by atoms with Crippen molar-refractivity contribution >= 4 is 23.7 Å². The Hall–Kier alpha value is -1.75. The number of methoxy groups -OCH3 is 1. The predicted molar refractivity (Wildman–Crippen MR) is 91.7 cm³/mol. The first-order valence-corrected chi connectivity index (χ1v) is 7.94. The highest BCUT2D eigenvalue weighted by atomic mass is 35.5. The van der Waals surface area contributed by atoms with E-state index in [-0.39, 0.29) is 13.2 Å². The number of halogens is 1. The quantitative estimate of drug-likeness (QED) is 0.629. The Bertz CT molecular complexity index is 475. The average molecular weight is 344 g/mol. The molecule has 0 unspecified atom stereocenters. The molecule has 1 aromatic rings. The Labute approximate surface area is 143 Å². The minimum absolute atomic E-state index is 0.191. The molecule has 0 aliphatic heterocycles. The molecule has 0 spiro atoms. The van der Waals surface area contributed by atoms with Crippen LogP contribution in [0.15, 0.2) is 24.3 Å². The summed E-state index contributed by atoms with van der Waals surface area (Å²) in [6.45, 7) is 6.59. The van der Waals surface area contributed by atoms with Gasteiger partial charge in [-0.15, -0.1) is 0 Å². The fourth-order valence-corrected chi connectivity index (χ4v) is 1.61. The van der Waals surface area contributed by atoms with E-state index >= 15 is 0 Å². The topological polar surface area (TPSA) is 64.6 Å². The van der Waals surface area contributed by atoms with Crippen molar-refractivity contribution in [2.45, 2.75) is 33.6 Å². The molecule has 0 saturated carbocycles. The summed E-state index contributed by atoms with van der Waals surface area (Å²) in [5.74, 6) is 0.316. The maximum absolute atomic E-state index is 11.2. The van der Waals surface area contributed by atoms with Gasteiger partial charge in [-0.05, 0) is 36.5 Å². The first-order valence-electron chi connectivity index (χ1n) is 7.57. The smallest absolute Gasteiger partial charge is 0.407 e. The van der Waals surface area contributed by atoms with Crippen molar-refractivity contribution in [3.05, 3.63) is 34.9 Å². The Morgan fingerprint density at radius 1 is 1.26 bits per heavy atom. The van der Waals surface area contributed by atoms with Gasteiger partial charge in [0.15, 0.2) is 0 Å². The first-order chi connectivity index (χ1) is 10.8. The maximum Gasteiger partial charge on any atom is 0.407 e. The number of ether oxygens (including phenoxy) is 2. The van der Waals surface area contributed by atoms with E-state index < -0.39 is 12.1 Å². The number of hydrogen-bond donors (Lipinski definition) is 1. The lowest BCUT2D eigenvalue weighted by Gasteiger charge is -2.06. The minimum Gasteiger partial charge on any atom is -0.468 e. The normalized spacial score (nSPS) is 9.65. The van der Waals surface area contributed by atoms with Crippen LogP contribution in [0.4, 0.5) is 4.79 Å². The van der Waals surface area contributed by atoms with Crippen molar-refractivity contribution in [3.8, 4) is 0 Å². The van der Waals surface area contributed by atoms with Crippen molar-refractivity contribution in [1.82, 2.24) is 5.32 Å². The van der Waals surface area contributed by atoms with E-state index in [0.717, 1.165) is 17.9 Å². The van der Waals surface area contributed by atoms with Crippen LogP contribution in [0.2, 0.25) is 5.02 Å². The van der Waals surface area contributed by atoms with Crippen molar-refractivity contribution in [1.29, 1.82) is 0 Å². The number of amides is 1. The van der Waals surface area contributed by atoms with Crippen molar-refractivity contribution < 1.29 is 19.1 Å². The summed E-state index contributed by atoms with van der Waals surface area (Å²) in [5.41, 5.74) is 1.09. The Balaban J connectivity index is 0.00000108. The van der Waals surface area contributed by atoms with Gasteiger partial charge in [0.05, 0.1) is 13.7 Å². The van der Waals surface area contributed by atoms with Gasteiger partial charge in [-0.1, -0.05) is 44.5 Å². The molecule has 0 aliphatic carbocycles. The maximum atomic E-state index is 11.2. The number of esters is 1. The van der Waals surface area contributed by atoms with Gasteiger partial charge in [0.2, 0.25) is 0 Å². The average Bonchev–Trinajstić information content (AvgIpc) is 2.48. The molecule has 0 aliphatic rings. The molecule has 23 heavy (non-hydrogen) atoms. The third-order valence-corrected chi connectivity index (χ3v) is 2.57. The molecule has 1 N–H and O–H groups in total. The van der Waals surface area contributed by atoms with Gasteiger partial charge < -0.3 is 14.8 Å².